The molecule has 1 aromatic rings. The fourth-order valence-corrected chi connectivity index (χ4v) is 4.20. The van der Waals surface area contributed by atoms with Gasteiger partial charge < -0.3 is 10.6 Å². The first-order valence-corrected chi connectivity index (χ1v) is 9.11. The number of benzene rings is 1. The van der Waals surface area contributed by atoms with Crippen molar-refractivity contribution in [3.05, 3.63) is 30.3 Å². The first kappa shape index (κ1) is 17.8. The van der Waals surface area contributed by atoms with Gasteiger partial charge >= 0.3 is 6.03 Å². The van der Waals surface area contributed by atoms with Crippen LogP contribution in [0.3, 0.4) is 0 Å². The van der Waals surface area contributed by atoms with Crippen molar-refractivity contribution in [2.75, 3.05) is 45.1 Å². The highest BCUT2D eigenvalue weighted by Crippen LogP contribution is 2.36. The minimum Gasteiger partial charge on any atom is -0.336 e. The number of para-hydroxylation sites is 1. The van der Waals surface area contributed by atoms with Gasteiger partial charge in [-0.15, -0.1) is 6.42 Å². The minimum absolute atomic E-state index is 0.126. The third kappa shape index (κ3) is 4.75. The quantitative estimate of drug-likeness (QED) is 0.780. The molecule has 4 rings (SSSR count). The van der Waals surface area contributed by atoms with Crippen molar-refractivity contribution in [3.63, 3.8) is 0 Å². The molecule has 1 unspecified atom stereocenters. The molecule has 3 aliphatic rings. The number of amides is 2. The zero-order valence-corrected chi connectivity index (χ0v) is 14.9. The van der Waals surface area contributed by atoms with Crippen LogP contribution >= 0.6 is 0 Å². The van der Waals surface area contributed by atoms with Crippen molar-refractivity contribution in [1.82, 2.24) is 15.1 Å². The Hall–Kier alpha value is -2.03. The summed E-state index contributed by atoms with van der Waals surface area (Å²) in [7, 11) is 2.10. The van der Waals surface area contributed by atoms with E-state index in [1.165, 1.54) is 12.8 Å². The van der Waals surface area contributed by atoms with Gasteiger partial charge in [0.1, 0.15) is 0 Å². The summed E-state index contributed by atoms with van der Waals surface area (Å²) >= 11 is 0. The molecule has 0 spiro atoms. The average Bonchev–Trinajstić information content (AvgIpc) is 2.62. The number of piperidine rings is 3. The van der Waals surface area contributed by atoms with Crippen LogP contribution in [0.5, 0.6) is 0 Å². The normalized spacial score (nSPS) is 27.7. The average molecular weight is 340 g/mol. The van der Waals surface area contributed by atoms with E-state index in [1.807, 2.05) is 30.3 Å². The molecule has 0 aliphatic carbocycles. The molecule has 0 saturated carbocycles. The fourth-order valence-electron chi connectivity index (χ4n) is 4.20. The number of nitrogens with zero attached hydrogens (tertiary/aromatic N) is 2. The van der Waals surface area contributed by atoms with Crippen molar-refractivity contribution in [1.29, 1.82) is 0 Å². The molecule has 134 valence electrons. The lowest BCUT2D eigenvalue weighted by Gasteiger charge is -2.50. The lowest BCUT2D eigenvalue weighted by atomic mass is 9.75. The summed E-state index contributed by atoms with van der Waals surface area (Å²) < 4.78 is 0. The van der Waals surface area contributed by atoms with Gasteiger partial charge in [0.05, 0.1) is 6.54 Å². The summed E-state index contributed by atoms with van der Waals surface area (Å²) in [6.45, 7) is 4.76. The Morgan fingerprint density at radius 1 is 1.40 bits per heavy atom. The van der Waals surface area contributed by atoms with E-state index in [0.29, 0.717) is 25.0 Å². The molecule has 2 bridgehead atoms. The number of carbonyl (C=O) groups excluding carboxylic acids is 1. The highest BCUT2D eigenvalue weighted by atomic mass is 16.2. The van der Waals surface area contributed by atoms with Gasteiger partial charge in [0, 0.05) is 31.4 Å². The number of rotatable bonds is 6. The summed E-state index contributed by atoms with van der Waals surface area (Å²) in [4.78, 5) is 16.9. The van der Waals surface area contributed by atoms with E-state index in [1.54, 1.807) is 0 Å². The second-order valence-corrected chi connectivity index (χ2v) is 7.30. The number of urea groups is 1. The van der Waals surface area contributed by atoms with Crippen molar-refractivity contribution >= 4 is 11.7 Å². The van der Waals surface area contributed by atoms with Crippen LogP contribution in [-0.4, -0.2) is 61.6 Å². The fraction of sp³-hybridized carbons (Fsp3) is 0.550. The number of fused-ring (bicyclic) bond motifs is 3. The topological polar surface area (TPSA) is 47.6 Å². The van der Waals surface area contributed by atoms with Crippen LogP contribution in [0.15, 0.2) is 30.3 Å². The minimum atomic E-state index is -0.126. The second kappa shape index (κ2) is 8.37. The number of anilines is 1. The van der Waals surface area contributed by atoms with Crippen molar-refractivity contribution in [3.8, 4) is 12.3 Å². The molecule has 5 nitrogen and oxygen atoms in total. The summed E-state index contributed by atoms with van der Waals surface area (Å²) in [5.74, 6) is 4.16. The van der Waals surface area contributed by atoms with Crippen LogP contribution in [-0.2, 0) is 0 Å². The molecule has 0 radical (unpaired) electrons. The van der Waals surface area contributed by atoms with Gasteiger partial charge in [-0.3, -0.25) is 9.80 Å². The molecule has 3 saturated heterocycles. The van der Waals surface area contributed by atoms with Crippen LogP contribution in [0.1, 0.15) is 12.8 Å². The molecule has 25 heavy (non-hydrogen) atoms. The van der Waals surface area contributed by atoms with Gasteiger partial charge in [0.15, 0.2) is 0 Å². The number of hydrogen-bond donors (Lipinski definition) is 2. The molecular weight excluding hydrogens is 312 g/mol. The molecule has 1 aromatic carbocycles. The van der Waals surface area contributed by atoms with Gasteiger partial charge in [0.2, 0.25) is 0 Å². The molecule has 2 N–H and O–H groups in total. The number of nitrogens with one attached hydrogen (secondary N) is 2. The zero-order chi connectivity index (χ0) is 17.6. The molecule has 3 heterocycles. The van der Waals surface area contributed by atoms with Gasteiger partial charge in [-0.1, -0.05) is 24.1 Å². The highest BCUT2D eigenvalue weighted by molar-refractivity contribution is 5.89. The lowest BCUT2D eigenvalue weighted by molar-refractivity contribution is -0.00692. The van der Waals surface area contributed by atoms with E-state index in [9.17, 15) is 4.79 Å². The van der Waals surface area contributed by atoms with Crippen LogP contribution in [0.4, 0.5) is 10.5 Å². The van der Waals surface area contributed by atoms with Crippen molar-refractivity contribution in [2.45, 2.75) is 18.9 Å². The number of hydrogen-bond acceptors (Lipinski definition) is 3. The molecule has 5 heteroatoms. The third-order valence-electron chi connectivity index (χ3n) is 5.45. The summed E-state index contributed by atoms with van der Waals surface area (Å²) in [6.07, 6.45) is 7.84. The standard InChI is InChI=1S/C20H28N4O/c1-3-10-23(2)14-17-15-24-11-9-16(17)12-19(24)13-21-20(25)22-18-7-5-4-6-8-18/h1,4-8,16-17,19H,9-15H2,2H3,(H2,21,22,25)/t16-,17-,19+/m0/s1. The Morgan fingerprint density at radius 2 is 2.20 bits per heavy atom. The van der Waals surface area contributed by atoms with Gasteiger partial charge in [-0.2, -0.15) is 0 Å². The smallest absolute Gasteiger partial charge is 0.319 e. The maximum absolute atomic E-state index is 12.1. The molecule has 3 fully saturated rings. The van der Waals surface area contributed by atoms with Gasteiger partial charge in [0.25, 0.3) is 0 Å². The van der Waals surface area contributed by atoms with E-state index in [0.717, 1.165) is 31.2 Å². The molecular formula is C20H28N4O. The molecule has 2 amide bonds. The maximum atomic E-state index is 12.1. The molecule has 4 atom stereocenters. The predicted molar refractivity (Wildman–Crippen MR) is 101 cm³/mol. The van der Waals surface area contributed by atoms with Gasteiger partial charge in [-0.05, 0) is 50.4 Å². The Morgan fingerprint density at radius 3 is 2.88 bits per heavy atom. The zero-order valence-electron chi connectivity index (χ0n) is 14.9. The Balaban J connectivity index is 1.45. The Bertz CT molecular complexity index is 612. The predicted octanol–water partition coefficient (Wildman–Crippen LogP) is 2.08. The SMILES string of the molecule is C#CCN(C)C[C@H]1CN2CC[C@H]1C[C@@H]2CNC(=O)Nc1ccccc1. The van der Waals surface area contributed by atoms with Gasteiger partial charge in [-0.25, -0.2) is 4.79 Å². The van der Waals surface area contributed by atoms with Crippen molar-refractivity contribution in [2.24, 2.45) is 11.8 Å². The summed E-state index contributed by atoms with van der Waals surface area (Å²) in [6, 6.07) is 9.88. The van der Waals surface area contributed by atoms with E-state index < -0.39 is 0 Å². The lowest BCUT2D eigenvalue weighted by Crippen LogP contribution is -2.58. The summed E-state index contributed by atoms with van der Waals surface area (Å²) in [5.41, 5.74) is 0.821. The van der Waals surface area contributed by atoms with Crippen LogP contribution in [0.25, 0.3) is 0 Å². The Kier molecular flexibility index (Phi) is 5.95. The van der Waals surface area contributed by atoms with E-state index in [4.69, 9.17) is 6.42 Å². The third-order valence-corrected chi connectivity index (χ3v) is 5.45. The van der Waals surface area contributed by atoms with Crippen LogP contribution in [0.2, 0.25) is 0 Å². The Labute approximate surface area is 150 Å². The molecule has 0 aromatic heterocycles. The van der Waals surface area contributed by atoms with E-state index in [2.05, 4.69) is 33.4 Å². The highest BCUT2D eigenvalue weighted by Gasteiger charge is 2.40. The van der Waals surface area contributed by atoms with Crippen molar-refractivity contribution < 1.29 is 4.79 Å². The van der Waals surface area contributed by atoms with E-state index in [-0.39, 0.29) is 6.03 Å². The number of carbonyl (C=O) groups is 1. The largest absolute Gasteiger partial charge is 0.336 e. The van der Waals surface area contributed by atoms with Crippen LogP contribution < -0.4 is 10.6 Å². The maximum Gasteiger partial charge on any atom is 0.319 e. The number of terminal acetylenes is 1. The van der Waals surface area contributed by atoms with Crippen LogP contribution in [0, 0.1) is 24.2 Å². The second-order valence-electron chi connectivity index (χ2n) is 7.30. The molecule has 3 aliphatic heterocycles. The van der Waals surface area contributed by atoms with E-state index >= 15 is 0 Å². The monoisotopic (exact) mass is 340 g/mol. The first-order chi connectivity index (χ1) is 12.2. The first-order valence-electron chi connectivity index (χ1n) is 9.11. The summed E-state index contributed by atoms with van der Waals surface area (Å²) in [5, 5.41) is 5.91.